The zero-order valence-corrected chi connectivity index (χ0v) is 12.3. The van der Waals surface area contributed by atoms with Gasteiger partial charge in [0.05, 0.1) is 11.6 Å². The lowest BCUT2D eigenvalue weighted by atomic mass is 10.0. The Kier molecular flexibility index (Phi) is 5.19. The second-order valence-electron chi connectivity index (χ2n) is 4.54. The lowest BCUT2D eigenvalue weighted by Gasteiger charge is -2.08. The number of nitrogens with zero attached hydrogens (tertiary/aromatic N) is 1. The zero-order valence-electron chi connectivity index (χ0n) is 12.3. The molecule has 1 atom stereocenters. The molecule has 0 bridgehead atoms. The van der Waals surface area contributed by atoms with Crippen molar-refractivity contribution in [3.63, 3.8) is 0 Å². The van der Waals surface area contributed by atoms with E-state index in [1.54, 1.807) is 0 Å². The van der Waals surface area contributed by atoms with Gasteiger partial charge in [-0.15, -0.1) is 0 Å². The van der Waals surface area contributed by atoms with Gasteiger partial charge >= 0.3 is 0 Å². The predicted molar refractivity (Wildman–Crippen MR) is 82.5 cm³/mol. The van der Waals surface area contributed by atoms with Crippen LogP contribution < -0.4 is 5.73 Å². The number of para-hydroxylation sites is 1. The molecule has 0 aliphatic heterocycles. The number of rotatable bonds is 3. The molecule has 2 aromatic rings. The number of aliphatic hydroxyl groups is 1. The van der Waals surface area contributed by atoms with Crippen LogP contribution in [0.5, 0.6) is 0 Å². The van der Waals surface area contributed by atoms with Crippen molar-refractivity contribution in [1.29, 1.82) is 0 Å². The molecular weight excluding hydrogens is 236 g/mol. The van der Waals surface area contributed by atoms with Gasteiger partial charge < -0.3 is 15.4 Å². The smallest absolute Gasteiger partial charge is 0.102 e. The molecule has 0 radical (unpaired) electrons. The van der Waals surface area contributed by atoms with E-state index in [0.717, 1.165) is 5.56 Å². The van der Waals surface area contributed by atoms with Crippen LogP contribution in [0.25, 0.3) is 10.9 Å². The maximum absolute atomic E-state index is 9.29. The van der Waals surface area contributed by atoms with Crippen molar-refractivity contribution in [2.75, 3.05) is 0 Å². The fraction of sp³-hybridized carbons (Fsp3) is 0.375. The van der Waals surface area contributed by atoms with Gasteiger partial charge in [0.1, 0.15) is 5.76 Å². The van der Waals surface area contributed by atoms with Crippen LogP contribution in [0.3, 0.4) is 0 Å². The Morgan fingerprint density at radius 2 is 2.05 bits per heavy atom. The van der Waals surface area contributed by atoms with Crippen LogP contribution in [0.15, 0.2) is 36.7 Å². The highest BCUT2D eigenvalue weighted by molar-refractivity contribution is 5.86. The van der Waals surface area contributed by atoms with E-state index in [-0.39, 0.29) is 5.76 Å². The molecule has 19 heavy (non-hydrogen) atoms. The molecule has 0 aliphatic carbocycles. The summed E-state index contributed by atoms with van der Waals surface area (Å²) >= 11 is 0. The highest BCUT2D eigenvalue weighted by Gasteiger charge is 2.13. The monoisotopic (exact) mass is 260 g/mol. The molecule has 0 amide bonds. The summed E-state index contributed by atoms with van der Waals surface area (Å²) in [6.45, 7) is 9.57. The van der Waals surface area contributed by atoms with E-state index >= 15 is 0 Å². The SMILES string of the molecule is C=C(O)C(N)Cc1cn(C)c2c(C)cccc12.CC. The van der Waals surface area contributed by atoms with Crippen LogP contribution in [0.1, 0.15) is 25.0 Å². The molecule has 1 aromatic carbocycles. The third kappa shape index (κ3) is 3.18. The average molecular weight is 260 g/mol. The molecular formula is C16H24N2O. The molecule has 1 heterocycles. The minimum atomic E-state index is -0.402. The van der Waals surface area contributed by atoms with Gasteiger partial charge in [-0.2, -0.15) is 0 Å². The van der Waals surface area contributed by atoms with E-state index in [9.17, 15) is 5.11 Å². The third-order valence-corrected chi connectivity index (χ3v) is 3.15. The maximum atomic E-state index is 9.29. The molecule has 0 saturated carbocycles. The summed E-state index contributed by atoms with van der Waals surface area (Å²) in [6, 6.07) is 5.82. The summed E-state index contributed by atoms with van der Waals surface area (Å²) in [7, 11) is 2.03. The maximum Gasteiger partial charge on any atom is 0.102 e. The summed E-state index contributed by atoms with van der Waals surface area (Å²) < 4.78 is 2.10. The predicted octanol–water partition coefficient (Wildman–Crippen LogP) is 3.45. The standard InChI is InChI=1S/C14H18N2O.C2H6/c1-9-5-4-6-12-11(7-13(15)10(2)17)8-16(3)14(9)12;1-2/h4-6,8,13,17H,2,7,15H2,1,3H3;1-2H3. The normalized spacial score (nSPS) is 11.8. The number of nitrogens with two attached hydrogens (primary N) is 1. The van der Waals surface area contributed by atoms with Gasteiger partial charge in [0.15, 0.2) is 0 Å². The topological polar surface area (TPSA) is 51.2 Å². The van der Waals surface area contributed by atoms with Crippen molar-refractivity contribution in [2.24, 2.45) is 12.8 Å². The number of hydrogen-bond donors (Lipinski definition) is 2. The van der Waals surface area contributed by atoms with Gasteiger partial charge in [-0.25, -0.2) is 0 Å². The van der Waals surface area contributed by atoms with Gasteiger partial charge in [0, 0.05) is 18.6 Å². The van der Waals surface area contributed by atoms with Crippen LogP contribution in [-0.2, 0) is 13.5 Å². The first-order valence-electron chi connectivity index (χ1n) is 6.67. The number of aliphatic hydroxyl groups excluding tert-OH is 1. The van der Waals surface area contributed by atoms with Crippen LogP contribution >= 0.6 is 0 Å². The molecule has 1 aromatic heterocycles. The Hall–Kier alpha value is -1.74. The number of aryl methyl sites for hydroxylation is 2. The molecule has 2 rings (SSSR count). The largest absolute Gasteiger partial charge is 0.511 e. The Labute approximate surface area is 115 Å². The minimum absolute atomic E-state index is 0.0367. The van der Waals surface area contributed by atoms with Crippen molar-refractivity contribution in [2.45, 2.75) is 33.2 Å². The van der Waals surface area contributed by atoms with Crippen molar-refractivity contribution >= 4 is 10.9 Å². The summed E-state index contributed by atoms with van der Waals surface area (Å²) in [5, 5.41) is 10.5. The van der Waals surface area contributed by atoms with Gasteiger partial charge in [-0.1, -0.05) is 38.6 Å². The van der Waals surface area contributed by atoms with Crippen molar-refractivity contribution < 1.29 is 5.11 Å². The molecule has 1 unspecified atom stereocenters. The van der Waals surface area contributed by atoms with Crippen LogP contribution in [0, 0.1) is 6.92 Å². The Morgan fingerprint density at radius 3 is 2.63 bits per heavy atom. The molecule has 0 spiro atoms. The van der Waals surface area contributed by atoms with E-state index in [1.165, 1.54) is 16.5 Å². The first-order valence-corrected chi connectivity index (χ1v) is 6.67. The number of hydrogen-bond acceptors (Lipinski definition) is 2. The first-order chi connectivity index (χ1) is 9.00. The summed E-state index contributed by atoms with van der Waals surface area (Å²) in [6.07, 6.45) is 2.68. The first kappa shape index (κ1) is 15.3. The molecule has 0 aliphatic rings. The van der Waals surface area contributed by atoms with Crippen molar-refractivity contribution in [3.8, 4) is 0 Å². The summed E-state index contributed by atoms with van der Waals surface area (Å²) in [5.74, 6) is 0.0367. The van der Waals surface area contributed by atoms with E-state index in [2.05, 4.69) is 36.4 Å². The quantitative estimate of drug-likeness (QED) is 0.830. The lowest BCUT2D eigenvalue weighted by molar-refractivity contribution is 0.369. The average Bonchev–Trinajstić information content (AvgIpc) is 2.70. The minimum Gasteiger partial charge on any atom is -0.511 e. The Bertz CT molecular complexity index is 569. The molecule has 0 fully saturated rings. The number of aromatic nitrogens is 1. The molecule has 3 nitrogen and oxygen atoms in total. The van der Waals surface area contributed by atoms with Crippen LogP contribution in [-0.4, -0.2) is 15.7 Å². The van der Waals surface area contributed by atoms with Crippen molar-refractivity contribution in [3.05, 3.63) is 47.9 Å². The second-order valence-corrected chi connectivity index (χ2v) is 4.54. The van der Waals surface area contributed by atoms with Crippen molar-refractivity contribution in [1.82, 2.24) is 4.57 Å². The third-order valence-electron chi connectivity index (χ3n) is 3.15. The zero-order chi connectivity index (χ0) is 14.6. The van der Waals surface area contributed by atoms with Crippen LogP contribution in [0.2, 0.25) is 0 Å². The lowest BCUT2D eigenvalue weighted by Crippen LogP contribution is -2.24. The van der Waals surface area contributed by atoms with E-state index in [1.807, 2.05) is 27.0 Å². The summed E-state index contributed by atoms with van der Waals surface area (Å²) in [4.78, 5) is 0. The van der Waals surface area contributed by atoms with E-state index in [0.29, 0.717) is 6.42 Å². The fourth-order valence-electron chi connectivity index (χ4n) is 2.27. The molecule has 3 N–H and O–H groups in total. The molecule has 104 valence electrons. The van der Waals surface area contributed by atoms with Gasteiger partial charge in [0.2, 0.25) is 0 Å². The van der Waals surface area contributed by atoms with Crippen LogP contribution in [0.4, 0.5) is 0 Å². The number of benzene rings is 1. The highest BCUT2D eigenvalue weighted by atomic mass is 16.3. The fourth-order valence-corrected chi connectivity index (χ4v) is 2.27. The second kappa shape index (κ2) is 6.43. The van der Waals surface area contributed by atoms with Gasteiger partial charge in [0.25, 0.3) is 0 Å². The summed E-state index contributed by atoms with van der Waals surface area (Å²) in [5.41, 5.74) is 9.44. The van der Waals surface area contributed by atoms with E-state index in [4.69, 9.17) is 5.73 Å². The Morgan fingerprint density at radius 1 is 1.42 bits per heavy atom. The number of fused-ring (bicyclic) bond motifs is 1. The highest BCUT2D eigenvalue weighted by Crippen LogP contribution is 2.24. The van der Waals surface area contributed by atoms with Gasteiger partial charge in [-0.05, 0) is 24.5 Å². The van der Waals surface area contributed by atoms with Gasteiger partial charge in [-0.3, -0.25) is 0 Å². The molecule has 0 saturated heterocycles. The van der Waals surface area contributed by atoms with E-state index < -0.39 is 6.04 Å². The Balaban J connectivity index is 0.000000861. The molecule has 3 heteroatoms.